The van der Waals surface area contributed by atoms with Crippen LogP contribution in [0.4, 0.5) is 0 Å². The Morgan fingerprint density at radius 2 is 1.25 bits per heavy atom. The molecule has 0 atom stereocenters. The first kappa shape index (κ1) is 9.57. The van der Waals surface area contributed by atoms with E-state index < -0.39 is 0 Å². The molecular weight excluding hydrogens is 144 g/mol. The molecule has 1 aliphatic carbocycles. The standard InChI is InChI=1S/C12H19/c1-2-4-6-8-10-12-11-9-7-5-3-1/h1-3,10,12H,4-9,11H2/b2-1+,12-10+. The lowest BCUT2D eigenvalue weighted by Gasteiger charge is -1.97. The Morgan fingerprint density at radius 1 is 0.583 bits per heavy atom. The average Bonchev–Trinajstić information content (AvgIpc) is 2.05. The van der Waals surface area contributed by atoms with Crippen molar-refractivity contribution in [1.82, 2.24) is 0 Å². The monoisotopic (exact) mass is 163 g/mol. The second kappa shape index (κ2) is 7.15. The van der Waals surface area contributed by atoms with Crippen LogP contribution in [0, 0.1) is 6.42 Å². The molecule has 0 aromatic rings. The molecule has 0 N–H and O–H groups in total. The summed E-state index contributed by atoms with van der Waals surface area (Å²) in [6, 6.07) is 0. The van der Waals surface area contributed by atoms with E-state index in [1.54, 1.807) is 0 Å². The fourth-order valence-corrected chi connectivity index (χ4v) is 1.40. The molecule has 1 radical (unpaired) electrons. The normalized spacial score (nSPS) is 26.7. The van der Waals surface area contributed by atoms with E-state index in [1.165, 1.54) is 44.9 Å². The predicted octanol–water partition coefficient (Wildman–Crippen LogP) is 4.05. The fraction of sp³-hybridized carbons (Fsp3) is 0.583. The summed E-state index contributed by atoms with van der Waals surface area (Å²) in [5, 5.41) is 0. The van der Waals surface area contributed by atoms with Gasteiger partial charge in [-0.15, -0.1) is 0 Å². The van der Waals surface area contributed by atoms with Gasteiger partial charge in [0.25, 0.3) is 0 Å². The van der Waals surface area contributed by atoms with Crippen LogP contribution in [0.2, 0.25) is 0 Å². The van der Waals surface area contributed by atoms with Gasteiger partial charge in [-0.25, -0.2) is 0 Å². The van der Waals surface area contributed by atoms with Crippen molar-refractivity contribution in [3.63, 3.8) is 0 Å². The van der Waals surface area contributed by atoms with Crippen LogP contribution in [0.5, 0.6) is 0 Å². The first-order valence-electron chi connectivity index (χ1n) is 5.13. The lowest BCUT2D eigenvalue weighted by Crippen LogP contribution is -1.78. The second-order valence-corrected chi connectivity index (χ2v) is 3.35. The maximum Gasteiger partial charge on any atom is -0.0171 e. The first-order valence-corrected chi connectivity index (χ1v) is 5.13. The van der Waals surface area contributed by atoms with Gasteiger partial charge in [0.15, 0.2) is 0 Å². The molecule has 0 nitrogen and oxygen atoms in total. The average molecular weight is 163 g/mol. The Kier molecular flexibility index (Phi) is 5.70. The summed E-state index contributed by atoms with van der Waals surface area (Å²) in [7, 11) is 0. The Bertz CT molecular complexity index is 126. The van der Waals surface area contributed by atoms with E-state index in [0.29, 0.717) is 0 Å². The van der Waals surface area contributed by atoms with E-state index in [9.17, 15) is 0 Å². The maximum atomic E-state index is 2.34. The predicted molar refractivity (Wildman–Crippen MR) is 54.9 cm³/mol. The van der Waals surface area contributed by atoms with E-state index in [-0.39, 0.29) is 0 Å². The van der Waals surface area contributed by atoms with Crippen molar-refractivity contribution in [2.75, 3.05) is 0 Å². The molecule has 0 heterocycles. The Labute approximate surface area is 76.4 Å². The van der Waals surface area contributed by atoms with Crippen LogP contribution in [0.15, 0.2) is 24.3 Å². The van der Waals surface area contributed by atoms with Gasteiger partial charge in [-0.2, -0.15) is 0 Å². The molecule has 0 unspecified atom stereocenters. The van der Waals surface area contributed by atoms with Crippen LogP contribution in [0.1, 0.15) is 44.9 Å². The van der Waals surface area contributed by atoms with Crippen LogP contribution < -0.4 is 0 Å². The largest absolute Gasteiger partial charge is 0.0885 e. The van der Waals surface area contributed by atoms with Crippen molar-refractivity contribution in [1.29, 1.82) is 0 Å². The van der Waals surface area contributed by atoms with Crippen LogP contribution >= 0.6 is 0 Å². The lowest BCUT2D eigenvalue weighted by molar-refractivity contribution is 0.741. The molecule has 0 aromatic heterocycles. The van der Waals surface area contributed by atoms with Gasteiger partial charge in [-0.05, 0) is 44.9 Å². The van der Waals surface area contributed by atoms with E-state index in [2.05, 4.69) is 30.7 Å². The zero-order valence-electron chi connectivity index (χ0n) is 7.84. The van der Waals surface area contributed by atoms with Gasteiger partial charge in [-0.3, -0.25) is 0 Å². The third-order valence-corrected chi connectivity index (χ3v) is 2.17. The highest BCUT2D eigenvalue weighted by Crippen LogP contribution is 2.07. The Balaban J connectivity index is 2.19. The summed E-state index contributed by atoms with van der Waals surface area (Å²) in [6.07, 6.45) is 20.5. The molecule has 67 valence electrons. The summed E-state index contributed by atoms with van der Waals surface area (Å²) in [5.74, 6) is 0. The zero-order valence-corrected chi connectivity index (χ0v) is 7.84. The highest BCUT2D eigenvalue weighted by Gasteiger charge is 1.88. The Morgan fingerprint density at radius 3 is 2.17 bits per heavy atom. The summed E-state index contributed by atoms with van der Waals surface area (Å²) in [5.41, 5.74) is 0. The molecule has 0 aromatic carbocycles. The minimum atomic E-state index is 1.24. The van der Waals surface area contributed by atoms with Gasteiger partial charge < -0.3 is 0 Å². The second-order valence-electron chi connectivity index (χ2n) is 3.35. The van der Waals surface area contributed by atoms with E-state index >= 15 is 0 Å². The third kappa shape index (κ3) is 5.17. The molecule has 0 aliphatic heterocycles. The highest BCUT2D eigenvalue weighted by atomic mass is 13.9. The fourth-order valence-electron chi connectivity index (χ4n) is 1.40. The van der Waals surface area contributed by atoms with Crippen LogP contribution in [-0.2, 0) is 0 Å². The number of allylic oxidation sites excluding steroid dienone is 4. The SMILES string of the molecule is [CH]1/C=C/CCC/C=C/CCCC1. The minimum absolute atomic E-state index is 1.24. The molecule has 12 heavy (non-hydrogen) atoms. The molecule has 0 spiro atoms. The zero-order chi connectivity index (χ0) is 8.49. The van der Waals surface area contributed by atoms with E-state index in [4.69, 9.17) is 0 Å². The van der Waals surface area contributed by atoms with Gasteiger partial charge in [0.2, 0.25) is 0 Å². The highest BCUT2D eigenvalue weighted by molar-refractivity contribution is 4.95. The van der Waals surface area contributed by atoms with Gasteiger partial charge in [0.05, 0.1) is 0 Å². The van der Waals surface area contributed by atoms with E-state index in [1.807, 2.05) is 0 Å². The summed E-state index contributed by atoms with van der Waals surface area (Å²) in [4.78, 5) is 0. The van der Waals surface area contributed by atoms with Crippen molar-refractivity contribution >= 4 is 0 Å². The van der Waals surface area contributed by atoms with Crippen molar-refractivity contribution < 1.29 is 0 Å². The summed E-state index contributed by atoms with van der Waals surface area (Å²) < 4.78 is 0. The van der Waals surface area contributed by atoms with Crippen molar-refractivity contribution in [2.45, 2.75) is 44.9 Å². The van der Waals surface area contributed by atoms with Crippen LogP contribution in [0.25, 0.3) is 0 Å². The van der Waals surface area contributed by atoms with Crippen molar-refractivity contribution in [2.24, 2.45) is 0 Å². The summed E-state index contributed by atoms with van der Waals surface area (Å²) >= 11 is 0. The molecular formula is C12H19. The van der Waals surface area contributed by atoms with Crippen LogP contribution in [-0.4, -0.2) is 0 Å². The molecule has 0 saturated heterocycles. The quantitative estimate of drug-likeness (QED) is 0.473. The topological polar surface area (TPSA) is 0 Å². The van der Waals surface area contributed by atoms with Gasteiger partial charge in [-0.1, -0.05) is 30.7 Å². The first-order chi connectivity index (χ1) is 6.00. The number of rotatable bonds is 0. The molecule has 1 aliphatic rings. The van der Waals surface area contributed by atoms with Crippen molar-refractivity contribution in [3.8, 4) is 0 Å². The number of hydrogen-bond acceptors (Lipinski definition) is 0. The van der Waals surface area contributed by atoms with E-state index in [0.717, 1.165) is 0 Å². The number of hydrogen-bond donors (Lipinski definition) is 0. The van der Waals surface area contributed by atoms with Crippen molar-refractivity contribution in [3.05, 3.63) is 30.7 Å². The van der Waals surface area contributed by atoms with Crippen LogP contribution in [0.3, 0.4) is 0 Å². The molecule has 0 fully saturated rings. The molecule has 1 rings (SSSR count). The molecule has 0 amide bonds. The smallest absolute Gasteiger partial charge is 0.0171 e. The summed E-state index contributed by atoms with van der Waals surface area (Å²) in [6.45, 7) is 0. The third-order valence-electron chi connectivity index (χ3n) is 2.17. The molecule has 0 bridgehead atoms. The minimum Gasteiger partial charge on any atom is -0.0885 e. The van der Waals surface area contributed by atoms with Gasteiger partial charge in [0.1, 0.15) is 0 Å². The molecule has 0 saturated carbocycles. The lowest BCUT2D eigenvalue weighted by atomic mass is 10.1. The van der Waals surface area contributed by atoms with Gasteiger partial charge >= 0.3 is 0 Å². The maximum absolute atomic E-state index is 2.34. The van der Waals surface area contributed by atoms with Gasteiger partial charge in [0, 0.05) is 0 Å². The Hall–Kier alpha value is -0.520. The molecule has 0 heteroatoms.